The van der Waals surface area contributed by atoms with Crippen LogP contribution < -0.4 is 14.5 Å². The summed E-state index contributed by atoms with van der Waals surface area (Å²) in [6.45, 7) is 9.64. The minimum Gasteiger partial charge on any atom is -0.463 e. The summed E-state index contributed by atoms with van der Waals surface area (Å²) >= 11 is 0. The largest absolute Gasteiger partial charge is 0.463 e. The van der Waals surface area contributed by atoms with Crippen LogP contribution >= 0.6 is 0 Å². The highest BCUT2D eigenvalue weighted by molar-refractivity contribution is 5.97. The summed E-state index contributed by atoms with van der Waals surface area (Å²) in [6, 6.07) is 16.0. The van der Waals surface area contributed by atoms with Gasteiger partial charge in [-0.05, 0) is 75.7 Å². The quantitative estimate of drug-likeness (QED) is 0.347. The first kappa shape index (κ1) is 29.9. The Morgan fingerprint density at radius 2 is 1.95 bits per heavy atom. The number of rotatable bonds is 8. The molecule has 3 heterocycles. The van der Waals surface area contributed by atoms with Crippen LogP contribution in [0.1, 0.15) is 42.5 Å². The molecule has 6 rings (SSSR count). The van der Waals surface area contributed by atoms with Crippen LogP contribution in [0.25, 0.3) is 10.8 Å². The zero-order valence-corrected chi connectivity index (χ0v) is 26.2. The maximum absolute atomic E-state index is 12.6. The first-order chi connectivity index (χ1) is 21.4. The minimum atomic E-state index is -0.227. The number of nitriles is 1. The molecule has 1 aromatic heterocycles. The van der Waals surface area contributed by atoms with Gasteiger partial charge < -0.3 is 24.3 Å². The Balaban J connectivity index is 1.32. The lowest BCUT2D eigenvalue weighted by Gasteiger charge is -2.42. The van der Waals surface area contributed by atoms with Crippen molar-refractivity contribution in [3.8, 4) is 12.1 Å². The second-order valence-corrected chi connectivity index (χ2v) is 12.7. The fourth-order valence-corrected chi connectivity index (χ4v) is 7.29. The van der Waals surface area contributed by atoms with Gasteiger partial charge in [-0.3, -0.25) is 4.79 Å². The molecule has 3 atom stereocenters. The van der Waals surface area contributed by atoms with Gasteiger partial charge in [-0.2, -0.15) is 15.2 Å². The summed E-state index contributed by atoms with van der Waals surface area (Å²) < 4.78 is 6.38. The van der Waals surface area contributed by atoms with Crippen LogP contribution in [0, 0.1) is 24.2 Å². The minimum absolute atomic E-state index is 0.132. The summed E-state index contributed by atoms with van der Waals surface area (Å²) in [6.07, 6.45) is 5.85. The Bertz CT molecular complexity index is 1580. The summed E-state index contributed by atoms with van der Waals surface area (Å²) in [5, 5.41) is 12.1. The monoisotopic (exact) mass is 593 g/mol. The molecule has 1 aliphatic carbocycles. The van der Waals surface area contributed by atoms with Crippen molar-refractivity contribution in [3.05, 3.63) is 65.9 Å². The number of aryl methyl sites for hydroxylation is 1. The summed E-state index contributed by atoms with van der Waals surface area (Å²) in [5.41, 5.74) is 4.61. The molecular weight excluding hydrogens is 550 g/mol. The average Bonchev–Trinajstić information content (AvgIpc) is 3.52. The van der Waals surface area contributed by atoms with Gasteiger partial charge in [0.15, 0.2) is 0 Å². The molecule has 3 aliphatic rings. The zero-order valence-electron chi connectivity index (χ0n) is 26.2. The van der Waals surface area contributed by atoms with E-state index in [2.05, 4.69) is 84.8 Å². The van der Waals surface area contributed by atoms with E-state index in [4.69, 9.17) is 14.7 Å². The lowest BCUT2D eigenvalue weighted by molar-refractivity contribution is -0.128. The van der Waals surface area contributed by atoms with Gasteiger partial charge in [0, 0.05) is 48.9 Å². The number of anilines is 2. The molecule has 2 fully saturated rings. The molecule has 2 aromatic carbocycles. The van der Waals surface area contributed by atoms with Crippen LogP contribution in [0.3, 0.4) is 0 Å². The Morgan fingerprint density at radius 3 is 2.70 bits per heavy atom. The molecule has 3 aromatic rings. The van der Waals surface area contributed by atoms with E-state index in [1.807, 2.05) is 0 Å². The lowest BCUT2D eigenvalue weighted by Crippen LogP contribution is -2.55. The van der Waals surface area contributed by atoms with E-state index in [1.165, 1.54) is 34.5 Å². The zero-order chi connectivity index (χ0) is 30.8. The molecule has 0 radical (unpaired) electrons. The second-order valence-electron chi connectivity index (χ2n) is 12.7. The number of carbonyl (C=O) groups is 1. The van der Waals surface area contributed by atoms with E-state index < -0.39 is 0 Å². The normalized spacial score (nSPS) is 21.8. The van der Waals surface area contributed by atoms with Crippen LogP contribution in [-0.4, -0.2) is 84.6 Å². The second kappa shape index (κ2) is 12.8. The van der Waals surface area contributed by atoms with Gasteiger partial charge in [-0.1, -0.05) is 36.9 Å². The molecule has 0 N–H and O–H groups in total. The lowest BCUT2D eigenvalue weighted by atomic mass is 9.99. The van der Waals surface area contributed by atoms with E-state index in [9.17, 15) is 10.1 Å². The number of aromatic nitrogens is 2. The third-order valence-corrected chi connectivity index (χ3v) is 9.71. The summed E-state index contributed by atoms with van der Waals surface area (Å²) in [7, 11) is 4.30. The van der Waals surface area contributed by atoms with E-state index >= 15 is 0 Å². The number of benzene rings is 2. The fraction of sp³-hybridized carbons (Fsp3) is 0.486. The van der Waals surface area contributed by atoms with E-state index in [-0.39, 0.29) is 18.4 Å². The maximum Gasteiger partial charge on any atom is 0.318 e. The summed E-state index contributed by atoms with van der Waals surface area (Å²) in [4.78, 5) is 31.4. The molecule has 1 unspecified atom stereocenters. The van der Waals surface area contributed by atoms with Crippen LogP contribution in [0.2, 0.25) is 0 Å². The Morgan fingerprint density at radius 1 is 1.14 bits per heavy atom. The highest BCUT2D eigenvalue weighted by atomic mass is 16.5. The van der Waals surface area contributed by atoms with Gasteiger partial charge in [-0.15, -0.1) is 0 Å². The number of piperazine rings is 1. The molecule has 1 saturated heterocycles. The molecule has 0 bridgehead atoms. The Kier molecular flexibility index (Phi) is 8.72. The molecule has 230 valence electrons. The standard InChI is InChI=1S/C35H43N7O2/c1-5-32(43)42-19-18-41(21-28(42)14-16-36)34-29-15-17-40(31-11-7-10-26-9-6-8-24(2)33(26)31)22-30(29)37-35(38-34)44-23-25-12-13-27(20-25)39(3)4/h5-11,25,27-28H,1,12-15,17-23H2,2-4H3/t25-,27+,28?/m1/s1. The van der Waals surface area contributed by atoms with Gasteiger partial charge in [0.25, 0.3) is 0 Å². The smallest absolute Gasteiger partial charge is 0.318 e. The Labute approximate surface area is 260 Å². The molecule has 9 nitrogen and oxygen atoms in total. The van der Waals surface area contributed by atoms with Crippen molar-refractivity contribution in [1.82, 2.24) is 19.8 Å². The van der Waals surface area contributed by atoms with Crippen LogP contribution in [0.4, 0.5) is 11.5 Å². The van der Waals surface area contributed by atoms with Crippen molar-refractivity contribution < 1.29 is 9.53 Å². The van der Waals surface area contributed by atoms with Crippen molar-refractivity contribution in [2.45, 2.75) is 57.7 Å². The van der Waals surface area contributed by atoms with Crippen molar-refractivity contribution in [3.63, 3.8) is 0 Å². The van der Waals surface area contributed by atoms with Gasteiger partial charge >= 0.3 is 6.01 Å². The van der Waals surface area contributed by atoms with Crippen molar-refractivity contribution in [2.75, 3.05) is 56.7 Å². The Hall–Kier alpha value is -4.16. The number of ether oxygens (including phenoxy) is 1. The first-order valence-corrected chi connectivity index (χ1v) is 15.8. The number of amides is 1. The fourth-order valence-electron chi connectivity index (χ4n) is 7.29. The predicted octanol–water partition coefficient (Wildman–Crippen LogP) is 4.73. The molecular formula is C35H43N7O2. The van der Waals surface area contributed by atoms with Gasteiger partial charge in [-0.25, -0.2) is 0 Å². The molecule has 9 heteroatoms. The van der Waals surface area contributed by atoms with Crippen LogP contribution in [-0.2, 0) is 17.8 Å². The number of nitrogens with zero attached hydrogens (tertiary/aromatic N) is 7. The third-order valence-electron chi connectivity index (χ3n) is 9.71. The number of hydrogen-bond acceptors (Lipinski definition) is 8. The first-order valence-electron chi connectivity index (χ1n) is 15.8. The number of hydrogen-bond donors (Lipinski definition) is 0. The number of fused-ring (bicyclic) bond motifs is 2. The third kappa shape index (κ3) is 5.96. The van der Waals surface area contributed by atoms with E-state index in [0.717, 1.165) is 42.9 Å². The van der Waals surface area contributed by atoms with Crippen molar-refractivity contribution in [2.24, 2.45) is 5.92 Å². The molecule has 1 amide bonds. The SMILES string of the molecule is C=CC(=O)N1CCN(c2nc(OC[C@@H]3CC[C@H](N(C)C)C3)nc3c2CCN(c2cccc4cccc(C)c24)C3)CC1CC#N. The van der Waals surface area contributed by atoms with Gasteiger partial charge in [0.2, 0.25) is 5.91 Å². The molecule has 44 heavy (non-hydrogen) atoms. The van der Waals surface area contributed by atoms with Crippen molar-refractivity contribution >= 4 is 28.2 Å². The average molecular weight is 594 g/mol. The van der Waals surface area contributed by atoms with E-state index in [0.29, 0.717) is 50.8 Å². The number of carbonyl (C=O) groups excluding carboxylic acids is 1. The topological polar surface area (TPSA) is 88.8 Å². The molecule has 2 aliphatic heterocycles. The van der Waals surface area contributed by atoms with Gasteiger partial charge in [0.1, 0.15) is 5.82 Å². The van der Waals surface area contributed by atoms with Crippen molar-refractivity contribution in [1.29, 1.82) is 5.26 Å². The van der Waals surface area contributed by atoms with Crippen LogP contribution in [0.5, 0.6) is 6.01 Å². The maximum atomic E-state index is 12.6. The van der Waals surface area contributed by atoms with Crippen LogP contribution in [0.15, 0.2) is 49.1 Å². The molecule has 0 spiro atoms. The molecule has 1 saturated carbocycles. The highest BCUT2D eigenvalue weighted by Crippen LogP contribution is 2.36. The van der Waals surface area contributed by atoms with Gasteiger partial charge in [0.05, 0.1) is 37.4 Å². The summed E-state index contributed by atoms with van der Waals surface area (Å²) in [5.74, 6) is 1.23. The predicted molar refractivity (Wildman–Crippen MR) is 174 cm³/mol. The highest BCUT2D eigenvalue weighted by Gasteiger charge is 2.34. The van der Waals surface area contributed by atoms with E-state index in [1.54, 1.807) is 4.90 Å².